The topological polar surface area (TPSA) is 41.6 Å². The monoisotopic (exact) mass is 288 g/mol. The summed E-state index contributed by atoms with van der Waals surface area (Å²) in [5, 5.41) is 3.43. The van der Waals surface area contributed by atoms with Gasteiger partial charge in [-0.05, 0) is 43.9 Å². The van der Waals surface area contributed by atoms with E-state index >= 15 is 0 Å². The molecule has 1 N–H and O–H groups in total. The molecule has 0 spiro atoms. The van der Waals surface area contributed by atoms with Crippen molar-refractivity contribution in [2.24, 2.45) is 0 Å². The lowest BCUT2D eigenvalue weighted by atomic mass is 10.0. The molecule has 0 aromatic heterocycles. The summed E-state index contributed by atoms with van der Waals surface area (Å²) in [5.74, 6) is 1.23. The third-order valence-corrected chi connectivity index (χ3v) is 4.50. The molecule has 114 valence electrons. The van der Waals surface area contributed by atoms with Gasteiger partial charge < -0.3 is 9.64 Å². The smallest absolute Gasteiger partial charge is 0.239 e. The van der Waals surface area contributed by atoms with Gasteiger partial charge >= 0.3 is 0 Å². The quantitative estimate of drug-likeness (QED) is 0.924. The highest BCUT2D eigenvalue weighted by atomic mass is 16.5. The summed E-state index contributed by atoms with van der Waals surface area (Å²) in [6.45, 7) is 6.69. The normalized spacial score (nSPS) is 20.0. The zero-order chi connectivity index (χ0) is 14.8. The van der Waals surface area contributed by atoms with Crippen LogP contribution in [0.3, 0.4) is 0 Å². The van der Waals surface area contributed by atoms with Crippen LogP contribution in [0.1, 0.15) is 43.9 Å². The molecule has 2 heterocycles. The molecule has 2 atom stereocenters. The third-order valence-electron chi connectivity index (χ3n) is 4.50. The fraction of sp³-hybridized carbons (Fsp3) is 0.588. The average Bonchev–Trinajstić information content (AvgIpc) is 3.16. The van der Waals surface area contributed by atoms with Gasteiger partial charge in [-0.25, -0.2) is 0 Å². The number of carbonyl (C=O) groups excluding carboxylic acids is 1. The molecule has 2 unspecified atom stereocenters. The van der Waals surface area contributed by atoms with Crippen molar-refractivity contribution in [2.45, 2.75) is 45.2 Å². The first kappa shape index (κ1) is 14.4. The number of fused-ring (bicyclic) bond motifs is 1. The van der Waals surface area contributed by atoms with Crippen molar-refractivity contribution in [2.75, 3.05) is 19.7 Å². The van der Waals surface area contributed by atoms with Gasteiger partial charge in [-0.3, -0.25) is 10.1 Å². The van der Waals surface area contributed by atoms with E-state index in [1.54, 1.807) is 0 Å². The van der Waals surface area contributed by atoms with Crippen LogP contribution in [0.15, 0.2) is 18.2 Å². The summed E-state index contributed by atoms with van der Waals surface area (Å²) >= 11 is 0. The fourth-order valence-electron chi connectivity index (χ4n) is 3.23. The molecule has 1 fully saturated rings. The maximum atomic E-state index is 12.3. The van der Waals surface area contributed by atoms with Crippen molar-refractivity contribution in [1.82, 2.24) is 10.2 Å². The Kier molecular flexibility index (Phi) is 4.15. The maximum absolute atomic E-state index is 12.3. The Morgan fingerprint density at radius 3 is 2.81 bits per heavy atom. The van der Waals surface area contributed by atoms with Gasteiger partial charge in [-0.1, -0.05) is 12.1 Å². The van der Waals surface area contributed by atoms with Crippen molar-refractivity contribution >= 4 is 5.91 Å². The summed E-state index contributed by atoms with van der Waals surface area (Å²) in [6, 6.07) is 6.37. The van der Waals surface area contributed by atoms with Crippen LogP contribution in [-0.4, -0.2) is 36.5 Å². The molecule has 3 rings (SSSR count). The number of hydrogen-bond donors (Lipinski definition) is 1. The van der Waals surface area contributed by atoms with E-state index in [-0.39, 0.29) is 18.0 Å². The number of ether oxygens (including phenoxy) is 1. The van der Waals surface area contributed by atoms with Gasteiger partial charge in [0.15, 0.2) is 0 Å². The minimum atomic E-state index is -0.136. The highest BCUT2D eigenvalue weighted by Gasteiger charge is 2.24. The van der Waals surface area contributed by atoms with E-state index in [1.807, 2.05) is 17.9 Å². The van der Waals surface area contributed by atoms with E-state index < -0.39 is 0 Å². The maximum Gasteiger partial charge on any atom is 0.239 e. The lowest BCUT2D eigenvalue weighted by Gasteiger charge is -2.24. The second-order valence-corrected chi connectivity index (χ2v) is 6.11. The standard InChI is InChI=1S/C17H24N2O2/c1-12(14-5-6-16-15(11-14)7-10-21-16)18-13(2)17(20)19-8-3-4-9-19/h5-6,11-13,18H,3-4,7-10H2,1-2H3. The van der Waals surface area contributed by atoms with E-state index in [2.05, 4.69) is 24.4 Å². The average molecular weight is 288 g/mol. The summed E-state index contributed by atoms with van der Waals surface area (Å²) < 4.78 is 5.54. The molecule has 0 saturated carbocycles. The number of amides is 1. The minimum absolute atomic E-state index is 0.136. The molecule has 0 aliphatic carbocycles. The molecule has 2 aliphatic rings. The van der Waals surface area contributed by atoms with E-state index in [0.717, 1.165) is 44.7 Å². The molecule has 4 nitrogen and oxygen atoms in total. The van der Waals surface area contributed by atoms with Crippen LogP contribution in [0, 0.1) is 0 Å². The van der Waals surface area contributed by atoms with Crippen molar-refractivity contribution in [1.29, 1.82) is 0 Å². The van der Waals surface area contributed by atoms with Gasteiger partial charge in [0, 0.05) is 25.6 Å². The van der Waals surface area contributed by atoms with E-state index in [1.165, 1.54) is 11.1 Å². The first-order chi connectivity index (χ1) is 10.1. The number of nitrogens with zero attached hydrogens (tertiary/aromatic N) is 1. The predicted molar refractivity (Wildman–Crippen MR) is 82.5 cm³/mol. The summed E-state index contributed by atoms with van der Waals surface area (Å²) in [7, 11) is 0. The minimum Gasteiger partial charge on any atom is -0.493 e. The number of rotatable bonds is 4. The zero-order valence-corrected chi connectivity index (χ0v) is 12.9. The summed E-state index contributed by atoms with van der Waals surface area (Å²) in [6.07, 6.45) is 3.26. The molecule has 1 amide bonds. The van der Waals surface area contributed by atoms with Gasteiger partial charge in [0.2, 0.25) is 5.91 Å². The lowest BCUT2D eigenvalue weighted by molar-refractivity contribution is -0.132. The Bertz CT molecular complexity index is 524. The van der Waals surface area contributed by atoms with Crippen LogP contribution in [0.5, 0.6) is 5.75 Å². The molecule has 4 heteroatoms. The summed E-state index contributed by atoms with van der Waals surface area (Å²) in [4.78, 5) is 14.3. The number of benzene rings is 1. The van der Waals surface area contributed by atoms with Crippen LogP contribution in [0.4, 0.5) is 0 Å². The second-order valence-electron chi connectivity index (χ2n) is 6.11. The van der Waals surface area contributed by atoms with E-state index in [9.17, 15) is 4.79 Å². The molecule has 0 bridgehead atoms. The number of likely N-dealkylation sites (tertiary alicyclic amines) is 1. The third kappa shape index (κ3) is 3.05. The number of carbonyl (C=O) groups is 1. The molecule has 21 heavy (non-hydrogen) atoms. The Hall–Kier alpha value is -1.55. The SMILES string of the molecule is CC(NC(C)c1ccc2c(c1)CCO2)C(=O)N1CCCC1. The molecule has 1 aromatic carbocycles. The predicted octanol–water partition coefficient (Wildman–Crippen LogP) is 2.28. The van der Waals surface area contributed by atoms with E-state index in [4.69, 9.17) is 4.74 Å². The Labute approximate surface area is 126 Å². The molecular weight excluding hydrogens is 264 g/mol. The molecular formula is C17H24N2O2. The highest BCUT2D eigenvalue weighted by Crippen LogP contribution is 2.28. The number of nitrogens with one attached hydrogen (secondary N) is 1. The fourth-order valence-corrected chi connectivity index (χ4v) is 3.23. The van der Waals surface area contributed by atoms with Gasteiger partial charge in [-0.2, -0.15) is 0 Å². The molecule has 1 saturated heterocycles. The van der Waals surface area contributed by atoms with Gasteiger partial charge in [0.1, 0.15) is 5.75 Å². The lowest BCUT2D eigenvalue weighted by Crippen LogP contribution is -2.44. The molecule has 1 aromatic rings. The highest BCUT2D eigenvalue weighted by molar-refractivity contribution is 5.81. The zero-order valence-electron chi connectivity index (χ0n) is 12.9. The van der Waals surface area contributed by atoms with Crippen LogP contribution in [0.2, 0.25) is 0 Å². The molecule has 0 radical (unpaired) electrons. The van der Waals surface area contributed by atoms with Crippen LogP contribution < -0.4 is 10.1 Å². The van der Waals surface area contributed by atoms with Crippen molar-refractivity contribution in [3.63, 3.8) is 0 Å². The molecule has 2 aliphatic heterocycles. The largest absolute Gasteiger partial charge is 0.493 e. The van der Waals surface area contributed by atoms with Crippen molar-refractivity contribution < 1.29 is 9.53 Å². The number of hydrogen-bond acceptors (Lipinski definition) is 3. The first-order valence-electron chi connectivity index (χ1n) is 7.95. The second kappa shape index (κ2) is 6.06. The van der Waals surface area contributed by atoms with Gasteiger partial charge in [0.25, 0.3) is 0 Å². The van der Waals surface area contributed by atoms with Crippen LogP contribution >= 0.6 is 0 Å². The Morgan fingerprint density at radius 1 is 1.29 bits per heavy atom. The van der Waals surface area contributed by atoms with Gasteiger partial charge in [0.05, 0.1) is 12.6 Å². The van der Waals surface area contributed by atoms with E-state index in [0.29, 0.717) is 0 Å². The Balaban J connectivity index is 1.62. The van der Waals surface area contributed by atoms with Crippen LogP contribution in [-0.2, 0) is 11.2 Å². The van der Waals surface area contributed by atoms with Crippen molar-refractivity contribution in [3.8, 4) is 5.75 Å². The van der Waals surface area contributed by atoms with Gasteiger partial charge in [-0.15, -0.1) is 0 Å². The van der Waals surface area contributed by atoms with Crippen LogP contribution in [0.25, 0.3) is 0 Å². The Morgan fingerprint density at radius 2 is 2.05 bits per heavy atom. The van der Waals surface area contributed by atoms with Crippen molar-refractivity contribution in [3.05, 3.63) is 29.3 Å². The first-order valence-corrected chi connectivity index (χ1v) is 7.95. The summed E-state index contributed by atoms with van der Waals surface area (Å²) in [5.41, 5.74) is 2.50.